The van der Waals surface area contributed by atoms with Crippen molar-refractivity contribution in [2.75, 3.05) is 6.54 Å². The molecule has 1 aliphatic rings. The second-order valence-corrected chi connectivity index (χ2v) is 6.81. The first kappa shape index (κ1) is 18.9. The topological polar surface area (TPSA) is 70.2 Å². The van der Waals surface area contributed by atoms with Gasteiger partial charge in [0.25, 0.3) is 5.91 Å². The van der Waals surface area contributed by atoms with Gasteiger partial charge in [-0.15, -0.1) is 0 Å². The molecule has 1 fully saturated rings. The number of benzene rings is 1. The maximum absolute atomic E-state index is 12.3. The molecular weight excluding hydrogens is 349 g/mol. The van der Waals surface area contributed by atoms with Gasteiger partial charge in [0.1, 0.15) is 0 Å². The number of halogens is 2. The third-order valence-electron chi connectivity index (χ3n) is 4.13. The van der Waals surface area contributed by atoms with E-state index in [1.54, 1.807) is 18.2 Å². The molecule has 1 aromatic carbocycles. The van der Waals surface area contributed by atoms with Gasteiger partial charge in [-0.05, 0) is 44.2 Å². The average Bonchev–Trinajstić information content (AvgIpc) is 2.57. The van der Waals surface area contributed by atoms with Crippen molar-refractivity contribution in [2.45, 2.75) is 51.1 Å². The highest BCUT2D eigenvalue weighted by molar-refractivity contribution is 6.43. The summed E-state index contributed by atoms with van der Waals surface area (Å²) in [6.07, 6.45) is 4.24. The predicted molar refractivity (Wildman–Crippen MR) is 96.8 cm³/mol. The summed E-state index contributed by atoms with van der Waals surface area (Å²) >= 11 is 12.0. The summed E-state index contributed by atoms with van der Waals surface area (Å²) in [7, 11) is 0. The van der Waals surface area contributed by atoms with Gasteiger partial charge in [-0.25, -0.2) is 4.79 Å². The Kier molecular flexibility index (Phi) is 7.18. The first-order chi connectivity index (χ1) is 11.5. The van der Waals surface area contributed by atoms with Crippen molar-refractivity contribution in [2.24, 2.45) is 0 Å². The van der Waals surface area contributed by atoms with Gasteiger partial charge in [0.2, 0.25) is 0 Å². The predicted octanol–water partition coefficient (Wildman–Crippen LogP) is 3.74. The normalized spacial score (nSPS) is 20.3. The summed E-state index contributed by atoms with van der Waals surface area (Å²) < 4.78 is 0. The van der Waals surface area contributed by atoms with Gasteiger partial charge < -0.3 is 16.0 Å². The minimum Gasteiger partial charge on any atom is -0.349 e. The minimum absolute atomic E-state index is 0.0873. The number of carbonyl (C=O) groups excluding carboxylic acids is 2. The maximum atomic E-state index is 12.3. The molecular formula is C17H23Cl2N3O2. The van der Waals surface area contributed by atoms with E-state index in [2.05, 4.69) is 16.0 Å². The Morgan fingerprint density at radius 3 is 2.33 bits per heavy atom. The summed E-state index contributed by atoms with van der Waals surface area (Å²) in [6, 6.07) is 5.15. The Morgan fingerprint density at radius 1 is 1.08 bits per heavy atom. The van der Waals surface area contributed by atoms with Crippen LogP contribution in [0.5, 0.6) is 0 Å². The molecule has 0 aliphatic heterocycles. The summed E-state index contributed by atoms with van der Waals surface area (Å²) in [4.78, 5) is 24.0. The maximum Gasteiger partial charge on any atom is 0.315 e. The van der Waals surface area contributed by atoms with Crippen LogP contribution in [0.3, 0.4) is 0 Å². The Balaban J connectivity index is 1.79. The van der Waals surface area contributed by atoms with Crippen molar-refractivity contribution >= 4 is 35.1 Å². The zero-order valence-electron chi connectivity index (χ0n) is 13.7. The first-order valence-electron chi connectivity index (χ1n) is 8.30. The van der Waals surface area contributed by atoms with Gasteiger partial charge in [-0.3, -0.25) is 4.79 Å². The quantitative estimate of drug-likeness (QED) is 0.737. The van der Waals surface area contributed by atoms with Crippen molar-refractivity contribution in [1.29, 1.82) is 0 Å². The second kappa shape index (κ2) is 9.14. The first-order valence-corrected chi connectivity index (χ1v) is 9.06. The van der Waals surface area contributed by atoms with Crippen molar-refractivity contribution in [1.82, 2.24) is 16.0 Å². The van der Waals surface area contributed by atoms with Gasteiger partial charge >= 0.3 is 6.03 Å². The molecule has 1 aliphatic carbocycles. The van der Waals surface area contributed by atoms with E-state index in [0.29, 0.717) is 17.1 Å². The van der Waals surface area contributed by atoms with E-state index in [0.717, 1.165) is 32.1 Å². The van der Waals surface area contributed by atoms with Crippen LogP contribution in [0, 0.1) is 0 Å². The van der Waals surface area contributed by atoms with Crippen LogP contribution < -0.4 is 16.0 Å². The highest BCUT2D eigenvalue weighted by Crippen LogP contribution is 2.26. The third kappa shape index (κ3) is 5.28. The van der Waals surface area contributed by atoms with E-state index in [-0.39, 0.29) is 29.0 Å². The lowest BCUT2D eigenvalue weighted by atomic mass is 9.91. The van der Waals surface area contributed by atoms with E-state index in [1.165, 1.54) is 0 Å². The van der Waals surface area contributed by atoms with Gasteiger partial charge in [-0.2, -0.15) is 0 Å². The highest BCUT2D eigenvalue weighted by atomic mass is 35.5. The lowest BCUT2D eigenvalue weighted by Crippen LogP contribution is -2.46. The van der Waals surface area contributed by atoms with Gasteiger partial charge in [0.05, 0.1) is 15.6 Å². The van der Waals surface area contributed by atoms with E-state index in [9.17, 15) is 9.59 Å². The van der Waals surface area contributed by atoms with Crippen LogP contribution in [0.25, 0.3) is 0 Å². The van der Waals surface area contributed by atoms with Crippen molar-refractivity contribution in [3.63, 3.8) is 0 Å². The van der Waals surface area contributed by atoms with E-state index in [1.807, 2.05) is 6.92 Å². The number of carbonyl (C=O) groups is 2. The molecule has 0 aromatic heterocycles. The number of nitrogens with one attached hydrogen (secondary N) is 3. The molecule has 0 saturated heterocycles. The van der Waals surface area contributed by atoms with Crippen LogP contribution in [-0.2, 0) is 0 Å². The Hall–Kier alpha value is -1.46. The molecule has 0 unspecified atom stereocenters. The molecule has 1 aromatic rings. The molecule has 132 valence electrons. The van der Waals surface area contributed by atoms with E-state index in [4.69, 9.17) is 23.2 Å². The minimum atomic E-state index is -0.209. The SMILES string of the molecule is CCCNC(=O)NC1CCC(NC(=O)c2cccc(Cl)c2Cl)CC1. The molecule has 0 radical (unpaired) electrons. The van der Waals surface area contributed by atoms with Crippen LogP contribution in [0.1, 0.15) is 49.4 Å². The molecule has 3 N–H and O–H groups in total. The van der Waals surface area contributed by atoms with E-state index >= 15 is 0 Å². The van der Waals surface area contributed by atoms with E-state index < -0.39 is 0 Å². The van der Waals surface area contributed by atoms with Crippen molar-refractivity contribution in [3.05, 3.63) is 33.8 Å². The Morgan fingerprint density at radius 2 is 1.71 bits per heavy atom. The van der Waals surface area contributed by atoms with Crippen LogP contribution in [0.4, 0.5) is 4.79 Å². The van der Waals surface area contributed by atoms with Crippen LogP contribution in [0.2, 0.25) is 10.0 Å². The van der Waals surface area contributed by atoms with Crippen LogP contribution >= 0.6 is 23.2 Å². The molecule has 0 heterocycles. The molecule has 1 saturated carbocycles. The summed E-state index contributed by atoms with van der Waals surface area (Å²) in [5.41, 5.74) is 0.392. The number of amides is 3. The molecule has 0 bridgehead atoms. The molecule has 24 heavy (non-hydrogen) atoms. The zero-order chi connectivity index (χ0) is 17.5. The van der Waals surface area contributed by atoms with Crippen molar-refractivity contribution in [3.8, 4) is 0 Å². The largest absolute Gasteiger partial charge is 0.349 e. The number of hydrogen-bond donors (Lipinski definition) is 3. The highest BCUT2D eigenvalue weighted by Gasteiger charge is 2.24. The van der Waals surface area contributed by atoms with Gasteiger partial charge in [0, 0.05) is 18.6 Å². The standard InChI is InChI=1S/C17H23Cl2N3O2/c1-2-10-20-17(24)22-12-8-6-11(7-9-12)21-16(23)13-4-3-5-14(18)15(13)19/h3-5,11-12H,2,6-10H2,1H3,(H,21,23)(H2,20,22,24). The summed E-state index contributed by atoms with van der Waals surface area (Å²) in [5, 5.41) is 9.43. The fourth-order valence-electron chi connectivity index (χ4n) is 2.80. The number of urea groups is 1. The fraction of sp³-hybridized carbons (Fsp3) is 0.529. The Bertz CT molecular complexity index is 587. The molecule has 7 heteroatoms. The van der Waals surface area contributed by atoms with Crippen LogP contribution in [0.15, 0.2) is 18.2 Å². The lowest BCUT2D eigenvalue weighted by molar-refractivity contribution is 0.0924. The summed E-state index contributed by atoms with van der Waals surface area (Å²) in [5.74, 6) is -0.209. The number of hydrogen-bond acceptors (Lipinski definition) is 2. The van der Waals surface area contributed by atoms with Gasteiger partial charge in [0.15, 0.2) is 0 Å². The fourth-order valence-corrected chi connectivity index (χ4v) is 3.19. The lowest BCUT2D eigenvalue weighted by Gasteiger charge is -2.29. The molecule has 2 rings (SSSR count). The van der Waals surface area contributed by atoms with Crippen LogP contribution in [-0.4, -0.2) is 30.6 Å². The molecule has 0 atom stereocenters. The molecule has 0 spiro atoms. The second-order valence-electron chi connectivity index (χ2n) is 6.02. The Labute approximate surface area is 152 Å². The monoisotopic (exact) mass is 371 g/mol. The number of rotatable bonds is 5. The summed E-state index contributed by atoms with van der Waals surface area (Å²) in [6.45, 7) is 2.69. The average molecular weight is 372 g/mol. The molecule has 3 amide bonds. The van der Waals surface area contributed by atoms with Gasteiger partial charge in [-0.1, -0.05) is 36.2 Å². The third-order valence-corrected chi connectivity index (χ3v) is 4.95. The molecule has 5 nitrogen and oxygen atoms in total. The smallest absolute Gasteiger partial charge is 0.315 e. The van der Waals surface area contributed by atoms with Crippen molar-refractivity contribution < 1.29 is 9.59 Å². The zero-order valence-corrected chi connectivity index (χ0v) is 15.2.